The lowest BCUT2D eigenvalue weighted by atomic mass is 9.88. The minimum Gasteiger partial charge on any atom is -0.352 e. The smallest absolute Gasteiger partial charge is 0.310 e. The van der Waals surface area contributed by atoms with Gasteiger partial charge in [-0.05, 0) is 48.8 Å². The second-order valence-corrected chi connectivity index (χ2v) is 9.02. The van der Waals surface area contributed by atoms with E-state index in [-0.39, 0.29) is 23.9 Å². The maximum absolute atomic E-state index is 12.8. The van der Waals surface area contributed by atoms with E-state index in [0.29, 0.717) is 24.0 Å². The molecule has 0 aliphatic heterocycles. The molecule has 0 aromatic heterocycles. The van der Waals surface area contributed by atoms with Crippen LogP contribution in [0.5, 0.6) is 0 Å². The molecule has 3 rings (SSSR count). The summed E-state index contributed by atoms with van der Waals surface area (Å²) in [5, 5.41) is 2.59. The van der Waals surface area contributed by atoms with Crippen LogP contribution in [-0.4, -0.2) is 5.91 Å². The summed E-state index contributed by atoms with van der Waals surface area (Å²) < 4.78 is 63.9. The summed E-state index contributed by atoms with van der Waals surface area (Å²) in [6.45, 7) is -0.172. The van der Waals surface area contributed by atoms with Crippen molar-refractivity contribution in [2.45, 2.75) is 37.1 Å². The number of fused-ring (bicyclic) bond motifs is 2. The molecular weight excluding hydrogens is 337 g/mol. The Balaban J connectivity index is 1.66. The van der Waals surface area contributed by atoms with Gasteiger partial charge in [0.25, 0.3) is 0 Å². The van der Waals surface area contributed by atoms with Crippen LogP contribution in [-0.2, 0) is 11.3 Å². The predicted octanol–water partition coefficient (Wildman–Crippen LogP) is 5.40. The van der Waals surface area contributed by atoms with Gasteiger partial charge in [0, 0.05) is 12.5 Å². The van der Waals surface area contributed by atoms with Crippen LogP contribution in [0.15, 0.2) is 29.2 Å². The van der Waals surface area contributed by atoms with E-state index < -0.39 is 15.1 Å². The third kappa shape index (κ3) is 3.62. The van der Waals surface area contributed by atoms with E-state index in [2.05, 4.69) is 5.32 Å². The van der Waals surface area contributed by atoms with Gasteiger partial charge in [-0.1, -0.05) is 38.0 Å². The highest BCUT2D eigenvalue weighted by Crippen LogP contribution is 3.02. The summed E-state index contributed by atoms with van der Waals surface area (Å²) in [7, 11) is -9.68. The molecule has 2 nitrogen and oxygen atoms in total. The standard InChI is InChI=1S/C15H18F5NOS/c16-23(17,18,19,20)13-3-1-2-11(7-13)9-21-15(22)14-8-10-4-5-12(14)6-10/h1-3,7,10,12,14H,4-6,8-9H2,(H,21,22)/t10-,12+,14+/m0/s1. The lowest BCUT2D eigenvalue weighted by Crippen LogP contribution is -2.33. The quantitative estimate of drug-likeness (QED) is 0.720. The van der Waals surface area contributed by atoms with Gasteiger partial charge in [0.15, 0.2) is 0 Å². The SMILES string of the molecule is O=C(NCc1cccc(S(F)(F)(F)(F)F)c1)[C@@H]1C[C@H]2CC[C@@H]1C2. The Labute approximate surface area is 131 Å². The van der Waals surface area contributed by atoms with Gasteiger partial charge < -0.3 is 5.32 Å². The van der Waals surface area contributed by atoms with E-state index in [1.165, 1.54) is 6.07 Å². The predicted molar refractivity (Wildman–Crippen MR) is 78.6 cm³/mol. The van der Waals surface area contributed by atoms with Crippen molar-refractivity contribution in [1.82, 2.24) is 5.32 Å². The number of carbonyl (C=O) groups excluding carboxylic acids is 1. The van der Waals surface area contributed by atoms with Crippen LogP contribution in [0, 0.1) is 17.8 Å². The number of carbonyl (C=O) groups is 1. The van der Waals surface area contributed by atoms with Gasteiger partial charge in [-0.15, -0.1) is 0 Å². The second kappa shape index (κ2) is 4.62. The number of halogens is 5. The fourth-order valence-corrected chi connectivity index (χ4v) is 4.49. The molecule has 0 radical (unpaired) electrons. The van der Waals surface area contributed by atoms with Crippen molar-refractivity contribution >= 4 is 16.1 Å². The van der Waals surface area contributed by atoms with E-state index in [0.717, 1.165) is 31.7 Å². The van der Waals surface area contributed by atoms with Gasteiger partial charge in [-0.25, -0.2) is 0 Å². The largest absolute Gasteiger partial charge is 0.352 e. The van der Waals surface area contributed by atoms with Crippen molar-refractivity contribution < 1.29 is 24.2 Å². The molecule has 2 bridgehead atoms. The van der Waals surface area contributed by atoms with Gasteiger partial charge in [-0.3, -0.25) is 4.79 Å². The maximum Gasteiger partial charge on any atom is 0.310 e. The zero-order valence-corrected chi connectivity index (χ0v) is 13.1. The molecule has 2 aliphatic carbocycles. The third-order valence-corrected chi connectivity index (χ3v) is 6.03. The molecule has 1 amide bonds. The lowest BCUT2D eigenvalue weighted by molar-refractivity contribution is -0.126. The van der Waals surface area contributed by atoms with Crippen LogP contribution in [0.1, 0.15) is 31.2 Å². The highest BCUT2D eigenvalue weighted by molar-refractivity contribution is 8.45. The molecule has 8 heteroatoms. The minimum absolute atomic E-state index is 0.0206. The second-order valence-electron chi connectivity index (χ2n) is 6.62. The van der Waals surface area contributed by atoms with Crippen LogP contribution in [0.3, 0.4) is 0 Å². The highest BCUT2D eigenvalue weighted by Gasteiger charge is 2.65. The van der Waals surface area contributed by atoms with Crippen molar-refractivity contribution in [2.24, 2.45) is 17.8 Å². The van der Waals surface area contributed by atoms with Gasteiger partial charge >= 0.3 is 10.2 Å². The molecule has 130 valence electrons. The fourth-order valence-electron chi connectivity index (χ4n) is 3.78. The minimum atomic E-state index is -9.68. The number of benzene rings is 1. The molecule has 1 aromatic rings. The summed E-state index contributed by atoms with van der Waals surface area (Å²) in [5.41, 5.74) is 0.0206. The molecular formula is C15H18F5NOS. The molecule has 1 aromatic carbocycles. The van der Waals surface area contributed by atoms with E-state index in [4.69, 9.17) is 0 Å². The Hall–Kier alpha value is -1.31. The molecule has 3 atom stereocenters. The van der Waals surface area contributed by atoms with E-state index in [9.17, 15) is 24.2 Å². The Morgan fingerprint density at radius 2 is 1.87 bits per heavy atom. The van der Waals surface area contributed by atoms with Gasteiger partial charge in [0.05, 0.1) is 0 Å². The molecule has 0 unspecified atom stereocenters. The molecule has 23 heavy (non-hydrogen) atoms. The number of nitrogens with one attached hydrogen (secondary N) is 1. The normalized spacial score (nSPS) is 29.9. The number of rotatable bonds is 4. The zero-order chi connectivity index (χ0) is 16.9. The topological polar surface area (TPSA) is 29.1 Å². The van der Waals surface area contributed by atoms with Crippen LogP contribution < -0.4 is 5.32 Å². The van der Waals surface area contributed by atoms with E-state index in [1.54, 1.807) is 0 Å². The Morgan fingerprint density at radius 3 is 2.43 bits per heavy atom. The summed E-state index contributed by atoms with van der Waals surface area (Å²) in [4.78, 5) is 10.2. The molecule has 0 saturated heterocycles. The number of hydrogen-bond donors (Lipinski definition) is 1. The Bertz CT molecular complexity index is 645. The first-order chi connectivity index (χ1) is 10.4. The van der Waals surface area contributed by atoms with E-state index in [1.807, 2.05) is 0 Å². The first kappa shape index (κ1) is 16.5. The van der Waals surface area contributed by atoms with E-state index >= 15 is 0 Å². The van der Waals surface area contributed by atoms with Crippen LogP contribution >= 0.6 is 10.2 Å². The van der Waals surface area contributed by atoms with Crippen molar-refractivity contribution in [3.8, 4) is 0 Å². The Morgan fingerprint density at radius 1 is 1.13 bits per heavy atom. The molecule has 0 heterocycles. The summed E-state index contributed by atoms with van der Waals surface area (Å²) in [6.07, 6.45) is 4.02. The molecule has 2 fully saturated rings. The zero-order valence-electron chi connectivity index (χ0n) is 12.3. The van der Waals surface area contributed by atoms with Gasteiger partial charge in [0.2, 0.25) is 5.91 Å². The Kier molecular flexibility index (Phi) is 3.32. The van der Waals surface area contributed by atoms with Crippen LogP contribution in [0.2, 0.25) is 0 Å². The summed E-state index contributed by atoms with van der Waals surface area (Å²) in [5.74, 6) is 0.658. The molecule has 1 N–H and O–H groups in total. The van der Waals surface area contributed by atoms with Gasteiger partial charge in [-0.2, -0.15) is 0 Å². The third-order valence-electron chi connectivity index (χ3n) is 4.89. The fraction of sp³-hybridized carbons (Fsp3) is 0.533. The summed E-state index contributed by atoms with van der Waals surface area (Å²) in [6, 6.07) is 3.02. The average molecular weight is 355 g/mol. The van der Waals surface area contributed by atoms with Crippen LogP contribution in [0.25, 0.3) is 0 Å². The average Bonchev–Trinajstić information content (AvgIpc) is 3.05. The van der Waals surface area contributed by atoms with Crippen molar-refractivity contribution in [3.63, 3.8) is 0 Å². The first-order valence-corrected chi connectivity index (χ1v) is 9.48. The highest BCUT2D eigenvalue weighted by atomic mass is 32.5. The van der Waals surface area contributed by atoms with Crippen LogP contribution in [0.4, 0.5) is 19.4 Å². The molecule has 0 spiro atoms. The number of hydrogen-bond acceptors (Lipinski definition) is 1. The lowest BCUT2D eigenvalue weighted by Gasteiger charge is -2.40. The van der Waals surface area contributed by atoms with Gasteiger partial charge in [0.1, 0.15) is 4.90 Å². The van der Waals surface area contributed by atoms with Crippen molar-refractivity contribution in [1.29, 1.82) is 0 Å². The van der Waals surface area contributed by atoms with Crippen molar-refractivity contribution in [2.75, 3.05) is 0 Å². The first-order valence-electron chi connectivity index (χ1n) is 7.53. The number of amides is 1. The molecule has 2 saturated carbocycles. The molecule has 2 aliphatic rings. The van der Waals surface area contributed by atoms with Crippen molar-refractivity contribution in [3.05, 3.63) is 29.8 Å². The maximum atomic E-state index is 12.8. The summed E-state index contributed by atoms with van der Waals surface area (Å²) >= 11 is 0. The monoisotopic (exact) mass is 355 g/mol.